The van der Waals surface area contributed by atoms with Crippen LogP contribution in [-0.4, -0.2) is 22.9 Å². The van der Waals surface area contributed by atoms with E-state index in [1.165, 1.54) is 23.9 Å². The summed E-state index contributed by atoms with van der Waals surface area (Å²) in [6.07, 6.45) is -2.83. The fourth-order valence-electron chi connectivity index (χ4n) is 2.48. The summed E-state index contributed by atoms with van der Waals surface area (Å²) in [6.45, 7) is 3.47. The van der Waals surface area contributed by atoms with Gasteiger partial charge in [-0.05, 0) is 31.5 Å². The number of urea groups is 1. The number of halogens is 3. The first kappa shape index (κ1) is 19.8. The van der Waals surface area contributed by atoms with Crippen molar-refractivity contribution in [1.29, 1.82) is 0 Å². The molecule has 0 atom stereocenters. The highest BCUT2D eigenvalue weighted by Crippen LogP contribution is 2.32. The number of carbonyl (C=O) groups excluding carboxylic acids is 1. The van der Waals surface area contributed by atoms with Crippen molar-refractivity contribution in [2.75, 3.05) is 12.4 Å². The Balaban J connectivity index is 2.15. The lowest BCUT2D eigenvalue weighted by Crippen LogP contribution is -2.43. The van der Waals surface area contributed by atoms with E-state index in [-0.39, 0.29) is 6.61 Å². The van der Waals surface area contributed by atoms with Gasteiger partial charge in [0, 0.05) is 20.4 Å². The molecule has 0 saturated heterocycles. The average Bonchev–Trinajstić information content (AvgIpc) is 2.85. The minimum absolute atomic E-state index is 0.216. The van der Waals surface area contributed by atoms with Crippen LogP contribution in [0.15, 0.2) is 30.5 Å². The van der Waals surface area contributed by atoms with Gasteiger partial charge in [-0.1, -0.05) is 12.1 Å². The number of aryl methyl sites for hydroxylation is 1. The van der Waals surface area contributed by atoms with Crippen LogP contribution >= 0.6 is 0 Å². The Labute approximate surface area is 149 Å². The Bertz CT molecular complexity index is 785. The zero-order chi connectivity index (χ0) is 19.5. The average molecular weight is 370 g/mol. The van der Waals surface area contributed by atoms with Crippen LogP contribution in [0.25, 0.3) is 0 Å². The number of aromatic nitrogens is 2. The van der Waals surface area contributed by atoms with Crippen molar-refractivity contribution >= 4 is 11.7 Å². The fraction of sp³-hybridized carbons (Fsp3) is 0.412. The maximum absolute atomic E-state index is 12.9. The van der Waals surface area contributed by atoms with Gasteiger partial charge in [0.2, 0.25) is 0 Å². The molecule has 1 aromatic heterocycles. The van der Waals surface area contributed by atoms with Gasteiger partial charge in [0.25, 0.3) is 0 Å². The third-order valence-electron chi connectivity index (χ3n) is 3.77. The van der Waals surface area contributed by atoms with Crippen LogP contribution in [0.4, 0.5) is 23.7 Å². The van der Waals surface area contributed by atoms with E-state index in [2.05, 4.69) is 15.7 Å². The SMILES string of the molecule is COCc1nn(C)cc1NC(=O)NC(C)(C)c1cccc(C(F)(F)F)c1. The van der Waals surface area contributed by atoms with Gasteiger partial charge in [0.15, 0.2) is 0 Å². The number of amides is 2. The second-order valence-electron chi connectivity index (χ2n) is 6.38. The molecule has 0 bridgehead atoms. The number of anilines is 1. The number of nitrogens with zero attached hydrogens (tertiary/aromatic N) is 2. The number of hydrogen-bond acceptors (Lipinski definition) is 3. The zero-order valence-electron chi connectivity index (χ0n) is 14.9. The van der Waals surface area contributed by atoms with E-state index >= 15 is 0 Å². The van der Waals surface area contributed by atoms with Gasteiger partial charge in [0.1, 0.15) is 5.69 Å². The minimum Gasteiger partial charge on any atom is -0.378 e. The van der Waals surface area contributed by atoms with E-state index in [0.717, 1.165) is 12.1 Å². The van der Waals surface area contributed by atoms with E-state index in [0.29, 0.717) is 16.9 Å². The quantitative estimate of drug-likeness (QED) is 0.844. The molecular weight excluding hydrogens is 349 g/mol. The second-order valence-corrected chi connectivity index (χ2v) is 6.38. The molecule has 0 saturated carbocycles. The molecule has 0 radical (unpaired) electrons. The van der Waals surface area contributed by atoms with Gasteiger partial charge in [-0.2, -0.15) is 18.3 Å². The molecule has 0 aliphatic carbocycles. The topological polar surface area (TPSA) is 68.2 Å². The van der Waals surface area contributed by atoms with Crippen molar-refractivity contribution in [2.24, 2.45) is 7.05 Å². The highest BCUT2D eigenvalue weighted by Gasteiger charge is 2.32. The summed E-state index contributed by atoms with van der Waals surface area (Å²) in [7, 11) is 3.21. The smallest absolute Gasteiger partial charge is 0.378 e. The van der Waals surface area contributed by atoms with Gasteiger partial charge in [-0.25, -0.2) is 4.79 Å². The summed E-state index contributed by atoms with van der Waals surface area (Å²) in [6, 6.07) is 4.32. The molecule has 0 aliphatic heterocycles. The van der Waals surface area contributed by atoms with E-state index in [1.54, 1.807) is 27.1 Å². The normalized spacial score (nSPS) is 12.1. The molecule has 26 heavy (non-hydrogen) atoms. The third-order valence-corrected chi connectivity index (χ3v) is 3.77. The highest BCUT2D eigenvalue weighted by molar-refractivity contribution is 5.90. The van der Waals surface area contributed by atoms with Crippen molar-refractivity contribution in [3.8, 4) is 0 Å². The molecule has 0 fully saturated rings. The van der Waals surface area contributed by atoms with Crippen molar-refractivity contribution in [1.82, 2.24) is 15.1 Å². The van der Waals surface area contributed by atoms with Crippen LogP contribution in [0, 0.1) is 0 Å². The van der Waals surface area contributed by atoms with Crippen LogP contribution in [-0.2, 0) is 30.1 Å². The summed E-state index contributed by atoms with van der Waals surface area (Å²) >= 11 is 0. The first-order valence-corrected chi connectivity index (χ1v) is 7.81. The predicted octanol–water partition coefficient (Wildman–Crippen LogP) is 3.64. The Morgan fingerprint density at radius 3 is 2.54 bits per heavy atom. The number of nitrogens with one attached hydrogen (secondary N) is 2. The van der Waals surface area contributed by atoms with Crippen molar-refractivity contribution in [2.45, 2.75) is 32.2 Å². The number of alkyl halides is 3. The monoisotopic (exact) mass is 370 g/mol. The largest absolute Gasteiger partial charge is 0.416 e. The lowest BCUT2D eigenvalue weighted by atomic mass is 9.93. The Morgan fingerprint density at radius 1 is 1.27 bits per heavy atom. The maximum Gasteiger partial charge on any atom is 0.416 e. The molecule has 1 heterocycles. The second kappa shape index (κ2) is 7.36. The number of ether oxygens (including phenoxy) is 1. The van der Waals surface area contributed by atoms with Gasteiger partial charge >= 0.3 is 12.2 Å². The van der Waals surface area contributed by atoms with Crippen molar-refractivity contribution in [3.05, 3.63) is 47.3 Å². The van der Waals surface area contributed by atoms with Crippen LogP contribution in [0.2, 0.25) is 0 Å². The summed E-state index contributed by atoms with van der Waals surface area (Å²) in [5.41, 5.74) is -0.436. The number of carbonyl (C=O) groups is 1. The van der Waals surface area contributed by atoms with Crippen LogP contribution < -0.4 is 10.6 Å². The molecule has 9 heteroatoms. The zero-order valence-corrected chi connectivity index (χ0v) is 14.9. The van der Waals surface area contributed by atoms with Gasteiger partial charge in [0.05, 0.1) is 23.4 Å². The van der Waals surface area contributed by atoms with Crippen LogP contribution in [0.3, 0.4) is 0 Å². The molecular formula is C17H21F3N4O2. The molecule has 2 aromatic rings. The predicted molar refractivity (Wildman–Crippen MR) is 90.5 cm³/mol. The molecule has 142 valence electrons. The summed E-state index contributed by atoms with van der Waals surface area (Å²) in [4.78, 5) is 12.3. The van der Waals surface area contributed by atoms with Crippen LogP contribution in [0.5, 0.6) is 0 Å². The van der Waals surface area contributed by atoms with Crippen LogP contribution in [0.1, 0.15) is 30.7 Å². The molecule has 0 unspecified atom stereocenters. The standard InChI is InChI=1S/C17H21F3N4O2/c1-16(2,11-6-5-7-12(8-11)17(18,19)20)22-15(25)21-13-9-24(3)23-14(13)10-26-4/h5-9H,10H2,1-4H3,(H2,21,22,25). The summed E-state index contributed by atoms with van der Waals surface area (Å²) in [5, 5.41) is 9.51. The summed E-state index contributed by atoms with van der Waals surface area (Å²) in [5.74, 6) is 0. The molecule has 6 nitrogen and oxygen atoms in total. The molecule has 0 aliphatic rings. The molecule has 2 amide bonds. The molecule has 2 N–H and O–H groups in total. The lowest BCUT2D eigenvalue weighted by Gasteiger charge is -2.27. The fourth-order valence-corrected chi connectivity index (χ4v) is 2.48. The first-order valence-electron chi connectivity index (χ1n) is 7.81. The number of hydrogen-bond donors (Lipinski definition) is 2. The Hall–Kier alpha value is -2.55. The van der Waals surface area contributed by atoms with Gasteiger partial charge in [-0.3, -0.25) is 4.68 Å². The maximum atomic E-state index is 12.9. The lowest BCUT2D eigenvalue weighted by molar-refractivity contribution is -0.137. The Kier molecular flexibility index (Phi) is 5.60. The van der Waals surface area contributed by atoms with E-state index in [4.69, 9.17) is 4.74 Å². The van der Waals surface area contributed by atoms with E-state index in [1.807, 2.05) is 0 Å². The highest BCUT2D eigenvalue weighted by atomic mass is 19.4. The van der Waals surface area contributed by atoms with E-state index < -0.39 is 23.3 Å². The number of rotatable bonds is 5. The molecule has 2 rings (SSSR count). The third kappa shape index (κ3) is 4.75. The molecule has 1 aromatic carbocycles. The minimum atomic E-state index is -4.45. The van der Waals surface area contributed by atoms with E-state index in [9.17, 15) is 18.0 Å². The van der Waals surface area contributed by atoms with Gasteiger partial charge < -0.3 is 15.4 Å². The van der Waals surface area contributed by atoms with Gasteiger partial charge in [-0.15, -0.1) is 0 Å². The van der Waals surface area contributed by atoms with Crippen molar-refractivity contribution in [3.63, 3.8) is 0 Å². The van der Waals surface area contributed by atoms with Crippen molar-refractivity contribution < 1.29 is 22.7 Å². The number of benzene rings is 1. The Morgan fingerprint density at radius 2 is 1.92 bits per heavy atom. The molecule has 0 spiro atoms. The summed E-state index contributed by atoms with van der Waals surface area (Å²) < 4.78 is 45.3. The first-order chi connectivity index (χ1) is 12.0. The number of methoxy groups -OCH3 is 1.